The lowest BCUT2D eigenvalue weighted by molar-refractivity contribution is -0.0000216. The Kier molecular flexibility index (Phi) is 9.15. The van der Waals surface area contributed by atoms with E-state index in [1.165, 1.54) is 5.56 Å². The molecule has 0 saturated carbocycles. The fourth-order valence-electron chi connectivity index (χ4n) is 3.80. The first-order chi connectivity index (χ1) is 16.5. The van der Waals surface area contributed by atoms with Gasteiger partial charge in [-0.25, -0.2) is 4.98 Å². The van der Waals surface area contributed by atoms with E-state index in [2.05, 4.69) is 24.0 Å². The van der Waals surface area contributed by atoms with Crippen molar-refractivity contribution >= 4 is 38.4 Å². The molecule has 0 aliphatic rings. The first-order valence-electron chi connectivity index (χ1n) is 11.5. The standard InChI is InChI=1S/C28H29N3O2S.ClH/c1-4-20-11-16-24-25(19-20)34-28(29-24)31(18-8-17-30(2)3)27(33)23-14-12-22(13-15-23)26(32)21-9-6-5-7-10-21;/h5-7,9-16,19H,4,8,17-18H2,1-3H3;1H/p-1. The third-order valence-electron chi connectivity index (χ3n) is 5.74. The molecule has 182 valence electrons. The SMILES string of the molecule is CCc1ccc2nc(N(CCCN(C)C)C(=O)c3ccc(C(=O)c4ccccc4)cc3)sc2c1.[Cl-]. The van der Waals surface area contributed by atoms with Crippen molar-refractivity contribution in [2.75, 3.05) is 32.1 Å². The number of carbonyl (C=O) groups is 2. The maximum atomic E-state index is 13.6. The van der Waals surface area contributed by atoms with Crippen LogP contribution in [0.5, 0.6) is 0 Å². The predicted molar refractivity (Wildman–Crippen MR) is 140 cm³/mol. The molecular weight excluding hydrogens is 478 g/mol. The van der Waals surface area contributed by atoms with Gasteiger partial charge in [0.1, 0.15) is 0 Å². The molecular formula is C28H29ClN3O2S-. The highest BCUT2D eigenvalue weighted by Gasteiger charge is 2.22. The average molecular weight is 507 g/mol. The molecule has 0 bridgehead atoms. The summed E-state index contributed by atoms with van der Waals surface area (Å²) >= 11 is 1.55. The van der Waals surface area contributed by atoms with Gasteiger partial charge in [0.25, 0.3) is 5.91 Å². The molecule has 5 nitrogen and oxygen atoms in total. The van der Waals surface area contributed by atoms with E-state index >= 15 is 0 Å². The minimum atomic E-state index is -0.104. The van der Waals surface area contributed by atoms with Gasteiger partial charge in [-0.05, 0) is 63.3 Å². The normalized spacial score (nSPS) is 10.9. The molecule has 0 saturated heterocycles. The topological polar surface area (TPSA) is 53.5 Å². The fraction of sp³-hybridized carbons (Fsp3) is 0.250. The zero-order valence-corrected chi connectivity index (χ0v) is 21.8. The molecule has 1 aromatic heterocycles. The van der Waals surface area contributed by atoms with Crippen molar-refractivity contribution in [3.8, 4) is 0 Å². The zero-order chi connectivity index (χ0) is 24.1. The molecule has 4 rings (SSSR count). The summed E-state index contributed by atoms with van der Waals surface area (Å²) in [5.41, 5.74) is 3.91. The Morgan fingerprint density at radius 3 is 2.17 bits per heavy atom. The fourth-order valence-corrected chi connectivity index (χ4v) is 4.85. The van der Waals surface area contributed by atoms with Crippen LogP contribution in [0.4, 0.5) is 5.13 Å². The number of thiazole rings is 1. The molecule has 0 atom stereocenters. The lowest BCUT2D eigenvalue weighted by Crippen LogP contribution is -3.00. The highest BCUT2D eigenvalue weighted by atomic mass is 35.5. The number of carbonyl (C=O) groups excluding carboxylic acids is 2. The Morgan fingerprint density at radius 1 is 0.857 bits per heavy atom. The second-order valence-electron chi connectivity index (χ2n) is 8.54. The summed E-state index contributed by atoms with van der Waals surface area (Å²) in [6.07, 6.45) is 1.79. The van der Waals surface area contributed by atoms with E-state index in [4.69, 9.17) is 4.98 Å². The van der Waals surface area contributed by atoms with E-state index in [9.17, 15) is 9.59 Å². The van der Waals surface area contributed by atoms with Crippen LogP contribution in [0.25, 0.3) is 10.2 Å². The van der Waals surface area contributed by atoms with E-state index in [0.29, 0.717) is 28.4 Å². The molecule has 35 heavy (non-hydrogen) atoms. The number of rotatable bonds is 9. The number of aryl methyl sites for hydroxylation is 1. The second-order valence-corrected chi connectivity index (χ2v) is 9.55. The first kappa shape index (κ1) is 26.5. The Balaban J connectivity index is 0.00000342. The summed E-state index contributed by atoms with van der Waals surface area (Å²) in [5.74, 6) is -0.160. The molecule has 0 spiro atoms. The zero-order valence-electron chi connectivity index (χ0n) is 20.2. The predicted octanol–water partition coefficient (Wildman–Crippen LogP) is 2.69. The van der Waals surface area contributed by atoms with Crippen molar-refractivity contribution in [2.24, 2.45) is 0 Å². The van der Waals surface area contributed by atoms with Crippen LogP contribution in [0.1, 0.15) is 45.2 Å². The molecule has 7 heteroatoms. The van der Waals surface area contributed by atoms with Crippen LogP contribution in [-0.4, -0.2) is 48.8 Å². The van der Waals surface area contributed by atoms with E-state index in [1.807, 2.05) is 38.4 Å². The van der Waals surface area contributed by atoms with Crippen molar-refractivity contribution < 1.29 is 22.0 Å². The number of fused-ring (bicyclic) bond motifs is 1. The highest BCUT2D eigenvalue weighted by molar-refractivity contribution is 7.22. The number of aromatic nitrogens is 1. The Bertz CT molecular complexity index is 1290. The van der Waals surface area contributed by atoms with Crippen molar-refractivity contribution in [3.63, 3.8) is 0 Å². The summed E-state index contributed by atoms with van der Waals surface area (Å²) < 4.78 is 1.09. The minimum Gasteiger partial charge on any atom is -1.00 e. The van der Waals surface area contributed by atoms with Crippen LogP contribution < -0.4 is 17.3 Å². The van der Waals surface area contributed by atoms with Crippen molar-refractivity contribution in [1.29, 1.82) is 0 Å². The number of nitrogens with zero attached hydrogens (tertiary/aromatic N) is 3. The summed E-state index contributed by atoms with van der Waals surface area (Å²) in [7, 11) is 4.05. The third-order valence-corrected chi connectivity index (χ3v) is 6.78. The van der Waals surface area contributed by atoms with E-state index in [0.717, 1.165) is 29.6 Å². The number of halogens is 1. The minimum absolute atomic E-state index is 0. The molecule has 0 unspecified atom stereocenters. The number of hydrogen-bond donors (Lipinski definition) is 0. The highest BCUT2D eigenvalue weighted by Crippen LogP contribution is 2.31. The van der Waals surface area contributed by atoms with Crippen molar-refractivity contribution in [3.05, 3.63) is 95.1 Å². The monoisotopic (exact) mass is 506 g/mol. The molecule has 0 radical (unpaired) electrons. The van der Waals surface area contributed by atoms with Crippen LogP contribution in [0.2, 0.25) is 0 Å². The van der Waals surface area contributed by atoms with Crippen molar-refractivity contribution in [2.45, 2.75) is 19.8 Å². The maximum absolute atomic E-state index is 13.6. The summed E-state index contributed by atoms with van der Waals surface area (Å²) in [5, 5.41) is 0.705. The number of anilines is 1. The quantitative estimate of drug-likeness (QED) is 0.328. The Hall–Kier alpha value is -3.06. The summed E-state index contributed by atoms with van der Waals surface area (Å²) in [4.78, 5) is 35.0. The molecule has 3 aromatic carbocycles. The van der Waals surface area contributed by atoms with Crippen LogP contribution >= 0.6 is 11.3 Å². The summed E-state index contributed by atoms with van der Waals surface area (Å²) in [6.45, 7) is 3.58. The Labute approximate surface area is 216 Å². The van der Waals surface area contributed by atoms with Gasteiger partial charge in [0.15, 0.2) is 10.9 Å². The third kappa shape index (κ3) is 6.34. The maximum Gasteiger partial charge on any atom is 0.260 e. The largest absolute Gasteiger partial charge is 1.00 e. The Morgan fingerprint density at radius 2 is 1.51 bits per heavy atom. The molecule has 0 aliphatic carbocycles. The second kappa shape index (κ2) is 12.1. The van der Waals surface area contributed by atoms with Gasteiger partial charge in [-0.3, -0.25) is 14.5 Å². The summed E-state index contributed by atoms with van der Waals surface area (Å²) in [6, 6.07) is 22.4. The van der Waals surface area contributed by atoms with Gasteiger partial charge in [0.2, 0.25) is 0 Å². The van der Waals surface area contributed by atoms with E-state index < -0.39 is 0 Å². The van der Waals surface area contributed by atoms with Crippen LogP contribution in [0.3, 0.4) is 0 Å². The molecule has 0 fully saturated rings. The average Bonchev–Trinajstić information content (AvgIpc) is 3.29. The number of ketones is 1. The number of amides is 1. The van der Waals surface area contributed by atoms with Gasteiger partial charge >= 0.3 is 0 Å². The first-order valence-corrected chi connectivity index (χ1v) is 12.3. The smallest absolute Gasteiger partial charge is 0.260 e. The lowest BCUT2D eigenvalue weighted by atomic mass is 10.0. The molecule has 1 heterocycles. The molecule has 4 aromatic rings. The van der Waals surface area contributed by atoms with Gasteiger partial charge in [-0.2, -0.15) is 0 Å². The number of hydrogen-bond acceptors (Lipinski definition) is 5. The molecule has 1 amide bonds. The van der Waals surface area contributed by atoms with Crippen molar-refractivity contribution in [1.82, 2.24) is 9.88 Å². The van der Waals surface area contributed by atoms with Gasteiger partial charge in [0, 0.05) is 23.2 Å². The van der Waals surface area contributed by atoms with E-state index in [1.54, 1.807) is 52.6 Å². The van der Waals surface area contributed by atoms with Gasteiger partial charge in [-0.15, -0.1) is 0 Å². The molecule has 0 aliphatic heterocycles. The van der Waals surface area contributed by atoms with Crippen LogP contribution in [0, 0.1) is 0 Å². The van der Waals surface area contributed by atoms with Gasteiger partial charge < -0.3 is 17.3 Å². The van der Waals surface area contributed by atoms with Crippen LogP contribution in [-0.2, 0) is 6.42 Å². The lowest BCUT2D eigenvalue weighted by Gasteiger charge is -2.21. The van der Waals surface area contributed by atoms with E-state index in [-0.39, 0.29) is 24.1 Å². The van der Waals surface area contributed by atoms with Gasteiger partial charge in [0.05, 0.1) is 10.2 Å². The van der Waals surface area contributed by atoms with Crippen LogP contribution in [0.15, 0.2) is 72.8 Å². The molecule has 0 N–H and O–H groups in total. The number of benzene rings is 3. The van der Waals surface area contributed by atoms with Gasteiger partial charge in [-0.1, -0.05) is 66.8 Å².